The molecule has 2 N–H and O–H groups in total. The van der Waals surface area contributed by atoms with Crippen molar-refractivity contribution in [1.29, 1.82) is 0 Å². The highest BCUT2D eigenvalue weighted by molar-refractivity contribution is 7.92. The van der Waals surface area contributed by atoms with E-state index in [2.05, 4.69) is 4.98 Å². The maximum atomic E-state index is 12.4. The van der Waals surface area contributed by atoms with E-state index in [-0.39, 0.29) is 10.0 Å². The van der Waals surface area contributed by atoms with Crippen molar-refractivity contribution < 1.29 is 8.42 Å². The Morgan fingerprint density at radius 3 is 2.40 bits per heavy atom. The van der Waals surface area contributed by atoms with E-state index < -0.39 is 10.0 Å². The lowest BCUT2D eigenvalue weighted by molar-refractivity contribution is 0.591. The van der Waals surface area contributed by atoms with Gasteiger partial charge < -0.3 is 10.3 Å². The summed E-state index contributed by atoms with van der Waals surface area (Å²) in [6, 6.07) is 6.66. The van der Waals surface area contributed by atoms with Crippen molar-refractivity contribution in [3.8, 4) is 0 Å². The molecule has 0 aliphatic heterocycles. The predicted octanol–water partition coefficient (Wildman–Crippen LogP) is 0.879. The third-order valence-corrected chi connectivity index (χ3v) is 4.73. The summed E-state index contributed by atoms with van der Waals surface area (Å²) in [5, 5.41) is 0.000854. The molecule has 0 fully saturated rings. The molecule has 0 aliphatic carbocycles. The molecular weight excluding hydrogens is 296 g/mol. The molecule has 6 nitrogen and oxygen atoms in total. The molecule has 1 heterocycles. The van der Waals surface area contributed by atoms with E-state index in [0.29, 0.717) is 11.3 Å². The highest BCUT2D eigenvalue weighted by atomic mass is 32.2. The van der Waals surface area contributed by atoms with Gasteiger partial charge in [0.15, 0.2) is 5.03 Å². The molecule has 0 saturated carbocycles. The van der Waals surface area contributed by atoms with Gasteiger partial charge in [-0.3, -0.25) is 4.31 Å². The normalized spacial score (nSPS) is 11.3. The van der Waals surface area contributed by atoms with E-state index in [1.54, 1.807) is 35.9 Å². The first-order chi connectivity index (χ1) is 9.32. The molecule has 1 aromatic carbocycles. The quantitative estimate of drug-likeness (QED) is 0.848. The van der Waals surface area contributed by atoms with Gasteiger partial charge in [0, 0.05) is 25.9 Å². The maximum absolute atomic E-state index is 12.4. The Morgan fingerprint density at radius 2 is 1.95 bits per heavy atom. The van der Waals surface area contributed by atoms with Crippen molar-refractivity contribution >= 4 is 32.9 Å². The van der Waals surface area contributed by atoms with Crippen molar-refractivity contribution in [2.75, 3.05) is 11.4 Å². The van der Waals surface area contributed by atoms with Crippen LogP contribution in [0.25, 0.3) is 0 Å². The molecule has 2 aromatic rings. The second-order valence-corrected chi connectivity index (χ2v) is 6.62. The summed E-state index contributed by atoms with van der Waals surface area (Å²) in [6.07, 6.45) is 2.89. The summed E-state index contributed by atoms with van der Waals surface area (Å²) >= 11 is 4.86. The van der Waals surface area contributed by atoms with Crippen LogP contribution in [0.2, 0.25) is 0 Å². The van der Waals surface area contributed by atoms with Crippen LogP contribution in [0.1, 0.15) is 5.56 Å². The highest BCUT2D eigenvalue weighted by Gasteiger charge is 2.23. The van der Waals surface area contributed by atoms with Gasteiger partial charge in [-0.1, -0.05) is 12.2 Å². The summed E-state index contributed by atoms with van der Waals surface area (Å²) in [6.45, 7) is 0. The molecular formula is C12H14N4O2S2. The lowest BCUT2D eigenvalue weighted by Crippen LogP contribution is -2.27. The van der Waals surface area contributed by atoms with Gasteiger partial charge in [0.1, 0.15) is 4.99 Å². The zero-order chi connectivity index (χ0) is 14.9. The Balaban J connectivity index is 2.35. The Kier molecular flexibility index (Phi) is 3.78. The number of rotatable bonds is 4. The minimum atomic E-state index is -3.67. The van der Waals surface area contributed by atoms with Gasteiger partial charge in [0.2, 0.25) is 0 Å². The SMILES string of the molecule is CN(c1ccc(C(N)=S)cc1)S(=O)(=O)c1cn(C)cn1. The van der Waals surface area contributed by atoms with Crippen LogP contribution in [-0.4, -0.2) is 30.0 Å². The second-order valence-electron chi connectivity index (χ2n) is 4.26. The summed E-state index contributed by atoms with van der Waals surface area (Å²) in [5.74, 6) is 0. The van der Waals surface area contributed by atoms with Gasteiger partial charge in [-0.25, -0.2) is 4.98 Å². The number of hydrogen-bond donors (Lipinski definition) is 1. The van der Waals surface area contributed by atoms with E-state index in [4.69, 9.17) is 18.0 Å². The zero-order valence-corrected chi connectivity index (χ0v) is 12.6. The van der Waals surface area contributed by atoms with E-state index in [0.717, 1.165) is 0 Å². The second kappa shape index (κ2) is 5.22. The number of sulfonamides is 1. The summed E-state index contributed by atoms with van der Waals surface area (Å²) in [4.78, 5) is 4.14. The van der Waals surface area contributed by atoms with Crippen LogP contribution in [0.15, 0.2) is 41.8 Å². The first-order valence-electron chi connectivity index (χ1n) is 5.69. The monoisotopic (exact) mass is 310 g/mol. The maximum Gasteiger partial charge on any atom is 0.283 e. The number of hydrogen-bond acceptors (Lipinski definition) is 4. The fraction of sp³-hybridized carbons (Fsp3) is 0.167. The van der Waals surface area contributed by atoms with Crippen LogP contribution in [0, 0.1) is 0 Å². The summed E-state index contributed by atoms with van der Waals surface area (Å²) in [5.41, 5.74) is 6.70. The minimum absolute atomic E-state index is 0.000854. The van der Waals surface area contributed by atoms with Gasteiger partial charge in [0.25, 0.3) is 10.0 Å². The Hall–Kier alpha value is -1.93. The smallest absolute Gasteiger partial charge is 0.283 e. The molecule has 106 valence electrons. The molecule has 1 aromatic heterocycles. The van der Waals surface area contributed by atoms with Crippen LogP contribution in [0.3, 0.4) is 0 Å². The summed E-state index contributed by atoms with van der Waals surface area (Å²) < 4.78 is 27.5. The minimum Gasteiger partial charge on any atom is -0.389 e. The van der Waals surface area contributed by atoms with Crippen molar-refractivity contribution in [1.82, 2.24) is 9.55 Å². The lowest BCUT2D eigenvalue weighted by atomic mass is 10.2. The highest BCUT2D eigenvalue weighted by Crippen LogP contribution is 2.21. The average Bonchev–Trinajstić information content (AvgIpc) is 2.85. The van der Waals surface area contributed by atoms with E-state index in [1.807, 2.05) is 0 Å². The number of anilines is 1. The van der Waals surface area contributed by atoms with Crippen LogP contribution < -0.4 is 10.0 Å². The Bertz CT molecular complexity index is 735. The number of aromatic nitrogens is 2. The zero-order valence-electron chi connectivity index (χ0n) is 11.0. The Morgan fingerprint density at radius 1 is 1.35 bits per heavy atom. The molecule has 0 amide bonds. The van der Waals surface area contributed by atoms with Gasteiger partial charge in [-0.15, -0.1) is 0 Å². The Labute approximate surface area is 122 Å². The standard InChI is InChI=1S/C12H14N4O2S2/c1-15-7-11(14-8-15)20(17,18)16(2)10-5-3-9(4-6-10)12(13)19/h3-8H,1-2H3,(H2,13,19). The van der Waals surface area contributed by atoms with E-state index in [1.165, 1.54) is 23.9 Å². The van der Waals surface area contributed by atoms with Crippen LogP contribution in [0.5, 0.6) is 0 Å². The van der Waals surface area contributed by atoms with Crippen LogP contribution >= 0.6 is 12.2 Å². The van der Waals surface area contributed by atoms with Gasteiger partial charge in [0.05, 0.1) is 12.0 Å². The number of nitrogens with zero attached hydrogens (tertiary/aromatic N) is 3. The lowest BCUT2D eigenvalue weighted by Gasteiger charge is -2.18. The third kappa shape index (κ3) is 2.66. The molecule has 0 radical (unpaired) electrons. The molecule has 0 aliphatic rings. The van der Waals surface area contributed by atoms with Gasteiger partial charge >= 0.3 is 0 Å². The molecule has 0 spiro atoms. The number of thiocarbonyl (C=S) groups is 1. The van der Waals surface area contributed by atoms with Crippen molar-refractivity contribution in [2.45, 2.75) is 5.03 Å². The number of benzene rings is 1. The molecule has 0 unspecified atom stereocenters. The molecule has 2 rings (SSSR count). The average molecular weight is 310 g/mol. The van der Waals surface area contributed by atoms with Crippen molar-refractivity contribution in [2.24, 2.45) is 12.8 Å². The van der Waals surface area contributed by atoms with Gasteiger partial charge in [-0.2, -0.15) is 8.42 Å². The van der Waals surface area contributed by atoms with E-state index >= 15 is 0 Å². The fourth-order valence-corrected chi connectivity index (χ4v) is 2.93. The van der Waals surface area contributed by atoms with Crippen molar-refractivity contribution in [3.05, 3.63) is 42.4 Å². The molecule has 20 heavy (non-hydrogen) atoms. The molecule has 0 bridgehead atoms. The largest absolute Gasteiger partial charge is 0.389 e. The van der Waals surface area contributed by atoms with Gasteiger partial charge in [-0.05, 0) is 24.3 Å². The van der Waals surface area contributed by atoms with Crippen LogP contribution in [0.4, 0.5) is 5.69 Å². The van der Waals surface area contributed by atoms with Crippen molar-refractivity contribution in [3.63, 3.8) is 0 Å². The molecule has 0 saturated heterocycles. The predicted molar refractivity (Wildman–Crippen MR) is 81.1 cm³/mol. The first kappa shape index (κ1) is 14.5. The first-order valence-corrected chi connectivity index (χ1v) is 7.54. The number of nitrogens with two attached hydrogens (primary N) is 1. The summed E-state index contributed by atoms with van der Waals surface area (Å²) in [7, 11) is -0.484. The fourth-order valence-electron chi connectivity index (χ4n) is 1.64. The topological polar surface area (TPSA) is 81.2 Å². The molecule has 8 heteroatoms. The molecule has 0 atom stereocenters. The van der Waals surface area contributed by atoms with Crippen LogP contribution in [-0.2, 0) is 17.1 Å². The third-order valence-electron chi connectivity index (χ3n) is 2.82. The number of aryl methyl sites for hydroxylation is 1. The van der Waals surface area contributed by atoms with E-state index in [9.17, 15) is 8.42 Å². The number of imidazole rings is 1.